The largest absolute Gasteiger partial charge is 0.370 e. The van der Waals surface area contributed by atoms with E-state index < -0.39 is 0 Å². The first-order valence-corrected chi connectivity index (χ1v) is 7.48. The van der Waals surface area contributed by atoms with Gasteiger partial charge < -0.3 is 5.32 Å². The minimum absolute atomic E-state index is 0.862. The molecule has 0 bridgehead atoms. The van der Waals surface area contributed by atoms with Crippen LogP contribution in [0.3, 0.4) is 0 Å². The highest BCUT2D eigenvalue weighted by atomic mass is 15.2. The molecule has 0 aromatic carbocycles. The second-order valence-corrected chi connectivity index (χ2v) is 5.65. The fourth-order valence-electron chi connectivity index (χ4n) is 2.65. The van der Waals surface area contributed by atoms with Gasteiger partial charge in [0.2, 0.25) is 0 Å². The monoisotopic (exact) mass is 262 g/mol. The Bertz CT molecular complexity index is 405. The van der Waals surface area contributed by atoms with Gasteiger partial charge in [-0.25, -0.2) is 9.97 Å². The number of anilines is 1. The van der Waals surface area contributed by atoms with Gasteiger partial charge in [0, 0.05) is 18.3 Å². The van der Waals surface area contributed by atoms with Crippen molar-refractivity contribution in [2.75, 3.05) is 25.0 Å². The molecule has 1 atom stereocenters. The molecule has 1 aromatic heterocycles. The van der Waals surface area contributed by atoms with Crippen molar-refractivity contribution in [2.45, 2.75) is 46.6 Å². The highest BCUT2D eigenvalue weighted by molar-refractivity contribution is 5.35. The normalized spacial score (nSPS) is 21.1. The third-order valence-corrected chi connectivity index (χ3v) is 3.73. The minimum atomic E-state index is 0.862. The number of aryl methyl sites for hydroxylation is 1. The van der Waals surface area contributed by atoms with Crippen molar-refractivity contribution in [2.24, 2.45) is 5.92 Å². The van der Waals surface area contributed by atoms with Gasteiger partial charge in [-0.1, -0.05) is 6.92 Å². The number of nitrogens with one attached hydrogen (secondary N) is 1. The maximum atomic E-state index is 4.60. The molecule has 2 rings (SSSR count). The van der Waals surface area contributed by atoms with Gasteiger partial charge in [0.05, 0.1) is 6.54 Å². The Balaban J connectivity index is 2.01. The van der Waals surface area contributed by atoms with Crippen LogP contribution in [-0.2, 0) is 6.54 Å². The highest BCUT2D eigenvalue weighted by Gasteiger charge is 2.15. The number of rotatable bonds is 4. The summed E-state index contributed by atoms with van der Waals surface area (Å²) in [4.78, 5) is 11.7. The van der Waals surface area contributed by atoms with E-state index in [2.05, 4.69) is 34.0 Å². The third kappa shape index (κ3) is 4.46. The van der Waals surface area contributed by atoms with Crippen LogP contribution in [-0.4, -0.2) is 34.5 Å². The molecule has 1 fully saturated rings. The average Bonchev–Trinajstić information content (AvgIpc) is 2.54. The molecule has 1 N–H and O–H groups in total. The molecule has 2 heterocycles. The van der Waals surface area contributed by atoms with Gasteiger partial charge in [0.1, 0.15) is 11.6 Å². The molecule has 1 aliphatic rings. The second-order valence-electron chi connectivity index (χ2n) is 5.65. The summed E-state index contributed by atoms with van der Waals surface area (Å²) in [6, 6.07) is 2.01. The van der Waals surface area contributed by atoms with E-state index in [-0.39, 0.29) is 0 Å². The number of likely N-dealkylation sites (tertiary alicyclic amines) is 1. The average molecular weight is 262 g/mol. The van der Waals surface area contributed by atoms with E-state index in [4.69, 9.17) is 0 Å². The second kappa shape index (κ2) is 6.85. The Hall–Kier alpha value is -1.16. The predicted molar refractivity (Wildman–Crippen MR) is 79.2 cm³/mol. The summed E-state index contributed by atoms with van der Waals surface area (Å²) >= 11 is 0. The van der Waals surface area contributed by atoms with Gasteiger partial charge in [0.25, 0.3) is 0 Å². The molecule has 0 saturated carbocycles. The van der Waals surface area contributed by atoms with Gasteiger partial charge in [0.15, 0.2) is 0 Å². The zero-order valence-corrected chi connectivity index (χ0v) is 12.4. The molecule has 1 saturated heterocycles. The first-order chi connectivity index (χ1) is 9.17. The lowest BCUT2D eigenvalue weighted by atomic mass is 10.0. The molecule has 1 unspecified atom stereocenters. The van der Waals surface area contributed by atoms with E-state index in [1.165, 1.54) is 32.4 Å². The standard InChI is InChI=1S/C15H26N4/c1-4-16-14-10-13(3)17-15(18-14)11-19-8-5-6-12(2)7-9-19/h10,12H,4-9,11H2,1-3H3,(H,16,17,18). The Morgan fingerprint density at radius 3 is 2.95 bits per heavy atom. The highest BCUT2D eigenvalue weighted by Crippen LogP contribution is 2.18. The lowest BCUT2D eigenvalue weighted by Crippen LogP contribution is -2.25. The van der Waals surface area contributed by atoms with E-state index in [9.17, 15) is 0 Å². The fraction of sp³-hybridized carbons (Fsp3) is 0.733. The van der Waals surface area contributed by atoms with Crippen LogP contribution in [0.25, 0.3) is 0 Å². The van der Waals surface area contributed by atoms with Crippen molar-refractivity contribution in [3.8, 4) is 0 Å². The van der Waals surface area contributed by atoms with Crippen LogP contribution in [0.5, 0.6) is 0 Å². The Morgan fingerprint density at radius 2 is 2.16 bits per heavy atom. The summed E-state index contributed by atoms with van der Waals surface area (Å²) < 4.78 is 0. The topological polar surface area (TPSA) is 41.1 Å². The number of hydrogen-bond acceptors (Lipinski definition) is 4. The molecule has 1 aromatic rings. The Kier molecular flexibility index (Phi) is 5.14. The van der Waals surface area contributed by atoms with Crippen LogP contribution in [0, 0.1) is 12.8 Å². The van der Waals surface area contributed by atoms with Crippen molar-refractivity contribution >= 4 is 5.82 Å². The van der Waals surface area contributed by atoms with E-state index in [1.807, 2.05) is 13.0 Å². The van der Waals surface area contributed by atoms with Gasteiger partial charge in [-0.15, -0.1) is 0 Å². The molecule has 1 aliphatic heterocycles. The Labute approximate surface area is 116 Å². The summed E-state index contributed by atoms with van der Waals surface area (Å²) in [6.07, 6.45) is 3.95. The van der Waals surface area contributed by atoms with E-state index in [1.54, 1.807) is 0 Å². The first-order valence-electron chi connectivity index (χ1n) is 7.48. The summed E-state index contributed by atoms with van der Waals surface area (Å²) in [6.45, 7) is 10.6. The smallest absolute Gasteiger partial charge is 0.144 e. The maximum Gasteiger partial charge on any atom is 0.144 e. The van der Waals surface area contributed by atoms with Crippen LogP contribution in [0.4, 0.5) is 5.82 Å². The summed E-state index contributed by atoms with van der Waals surface area (Å²) in [5.74, 6) is 2.76. The molecular weight excluding hydrogens is 236 g/mol. The summed E-state index contributed by atoms with van der Waals surface area (Å²) in [5.41, 5.74) is 1.05. The third-order valence-electron chi connectivity index (χ3n) is 3.73. The van der Waals surface area contributed by atoms with Crippen LogP contribution in [0.15, 0.2) is 6.07 Å². The number of aromatic nitrogens is 2. The summed E-state index contributed by atoms with van der Waals surface area (Å²) in [5, 5.41) is 3.28. The van der Waals surface area contributed by atoms with E-state index in [0.29, 0.717) is 0 Å². The molecule has 0 aliphatic carbocycles. The SMILES string of the molecule is CCNc1cc(C)nc(CN2CCCC(C)CC2)n1. The number of nitrogens with zero attached hydrogens (tertiary/aromatic N) is 3. The van der Waals surface area contributed by atoms with Gasteiger partial charge in [-0.3, -0.25) is 4.90 Å². The fourth-order valence-corrected chi connectivity index (χ4v) is 2.65. The Morgan fingerprint density at radius 1 is 1.32 bits per heavy atom. The molecule has 19 heavy (non-hydrogen) atoms. The predicted octanol–water partition coefficient (Wildman–Crippen LogP) is 2.84. The molecule has 4 heteroatoms. The molecule has 106 valence electrons. The molecule has 0 radical (unpaired) electrons. The number of hydrogen-bond donors (Lipinski definition) is 1. The first kappa shape index (κ1) is 14.3. The molecule has 0 amide bonds. The summed E-state index contributed by atoms with van der Waals surface area (Å²) in [7, 11) is 0. The minimum Gasteiger partial charge on any atom is -0.370 e. The van der Waals surface area contributed by atoms with Crippen LogP contribution >= 0.6 is 0 Å². The zero-order chi connectivity index (χ0) is 13.7. The van der Waals surface area contributed by atoms with Crippen molar-refractivity contribution in [3.05, 3.63) is 17.6 Å². The van der Waals surface area contributed by atoms with Crippen molar-refractivity contribution in [1.82, 2.24) is 14.9 Å². The van der Waals surface area contributed by atoms with Crippen LogP contribution < -0.4 is 5.32 Å². The maximum absolute atomic E-state index is 4.60. The molecule has 0 spiro atoms. The zero-order valence-electron chi connectivity index (χ0n) is 12.4. The van der Waals surface area contributed by atoms with Crippen LogP contribution in [0.1, 0.15) is 44.6 Å². The van der Waals surface area contributed by atoms with Gasteiger partial charge in [-0.05, 0) is 52.1 Å². The molecule has 4 nitrogen and oxygen atoms in total. The van der Waals surface area contributed by atoms with Crippen molar-refractivity contribution in [1.29, 1.82) is 0 Å². The van der Waals surface area contributed by atoms with E-state index in [0.717, 1.165) is 36.3 Å². The van der Waals surface area contributed by atoms with Crippen molar-refractivity contribution in [3.63, 3.8) is 0 Å². The van der Waals surface area contributed by atoms with Crippen molar-refractivity contribution < 1.29 is 0 Å². The lowest BCUT2D eigenvalue weighted by molar-refractivity contribution is 0.267. The van der Waals surface area contributed by atoms with Gasteiger partial charge in [-0.2, -0.15) is 0 Å². The van der Waals surface area contributed by atoms with Crippen LogP contribution in [0.2, 0.25) is 0 Å². The van der Waals surface area contributed by atoms with Gasteiger partial charge >= 0.3 is 0 Å². The quantitative estimate of drug-likeness (QED) is 0.906. The van der Waals surface area contributed by atoms with E-state index >= 15 is 0 Å². The lowest BCUT2D eigenvalue weighted by Gasteiger charge is -2.19. The molecular formula is C15H26N4.